The normalized spacial score (nSPS) is 12.6. The van der Waals surface area contributed by atoms with E-state index in [2.05, 4.69) is 117 Å². The van der Waals surface area contributed by atoms with Gasteiger partial charge in [0.05, 0.1) is 0 Å². The smallest absolute Gasteiger partial charge is 0.00700 e. The Bertz CT molecular complexity index is 1240. The van der Waals surface area contributed by atoms with E-state index >= 15 is 0 Å². The molecule has 0 aromatic heterocycles. The fourth-order valence-electron chi connectivity index (χ4n) is 7.52. The quantitative estimate of drug-likeness (QED) is 0.0833. The van der Waals surface area contributed by atoms with E-state index in [1.54, 1.807) is 38.9 Å². The third kappa shape index (κ3) is 16.3. The molecule has 0 amide bonds. The second-order valence-corrected chi connectivity index (χ2v) is 26.1. The molecule has 52 heavy (non-hydrogen) atoms. The van der Waals surface area contributed by atoms with Crippen molar-refractivity contribution >= 4 is 33.0 Å². The van der Waals surface area contributed by atoms with E-state index in [0.717, 1.165) is 6.16 Å². The van der Waals surface area contributed by atoms with Crippen LogP contribution in [0.15, 0.2) is 24.3 Å². The van der Waals surface area contributed by atoms with Gasteiger partial charge in [0.1, 0.15) is 0 Å². The molecule has 0 nitrogen and oxygen atoms in total. The summed E-state index contributed by atoms with van der Waals surface area (Å²) in [6.07, 6.45) is 30.0. The topological polar surface area (TPSA) is 0 Å². The van der Waals surface area contributed by atoms with Gasteiger partial charge in [-0.3, -0.25) is 0 Å². The van der Waals surface area contributed by atoms with Crippen LogP contribution in [0.4, 0.5) is 0 Å². The van der Waals surface area contributed by atoms with Crippen LogP contribution in [-0.2, 0) is 35.5 Å². The molecule has 0 aliphatic heterocycles. The highest BCUT2D eigenvalue weighted by Crippen LogP contribution is 2.50. The molecule has 0 aliphatic rings. The lowest BCUT2D eigenvalue weighted by atomic mass is 9.75. The van der Waals surface area contributed by atoms with E-state index in [0.29, 0.717) is 0 Å². The van der Waals surface area contributed by atoms with Crippen LogP contribution in [0.2, 0.25) is 0 Å². The molecule has 1 unspecified atom stereocenters. The first-order valence-corrected chi connectivity index (χ1v) is 28.5. The second-order valence-electron chi connectivity index (χ2n) is 18.0. The Morgan fingerprint density at radius 2 is 0.654 bits per heavy atom. The largest absolute Gasteiger partial charge is 0.133 e. The Morgan fingerprint density at radius 3 is 0.904 bits per heavy atom. The highest BCUT2D eigenvalue weighted by Gasteiger charge is 2.28. The summed E-state index contributed by atoms with van der Waals surface area (Å²) in [4.78, 5) is 0. The maximum Gasteiger partial charge on any atom is -0.00700 e. The molecule has 0 bridgehead atoms. The van der Waals surface area contributed by atoms with E-state index in [-0.39, 0.29) is 34.6 Å². The van der Waals surface area contributed by atoms with Crippen LogP contribution in [0.5, 0.6) is 0 Å². The molecule has 1 atom stereocenters. The monoisotopic (exact) mass is 787 g/mol. The molecule has 0 radical (unpaired) electrons. The number of hydrogen-bond donors (Lipinski definition) is 0. The van der Waals surface area contributed by atoms with Crippen molar-refractivity contribution in [3.63, 3.8) is 0 Å². The first kappa shape index (κ1) is 48.3. The number of rotatable bonds is 26. The van der Waals surface area contributed by atoms with Gasteiger partial charge in [-0.05, 0) is 155 Å². The van der Waals surface area contributed by atoms with E-state index in [9.17, 15) is 0 Å². The predicted molar refractivity (Wildman–Crippen MR) is 253 cm³/mol. The van der Waals surface area contributed by atoms with Gasteiger partial charge in [0.25, 0.3) is 0 Å². The minimum absolute atomic E-state index is 0.00977. The lowest BCUT2D eigenvalue weighted by molar-refractivity contribution is 0.584. The van der Waals surface area contributed by atoms with Gasteiger partial charge in [0.15, 0.2) is 0 Å². The molecule has 2 aromatic rings. The molecule has 0 saturated heterocycles. The summed E-state index contributed by atoms with van der Waals surface area (Å²) >= 11 is 0. The Hall–Kier alpha value is 0.160. The highest BCUT2D eigenvalue weighted by atomic mass is 31.1. The third-order valence-electron chi connectivity index (χ3n) is 11.0. The standard InChI is InChI=1S/C48H86P4/c1-13-19-25-50(26-20-14-2)36-40-32-44(46(48(10,11)12)34-42(40)38-52(29-23-17-5)30-24-18-6)43-31-39(35-49)41(33-45(43)47(7,8)9)37-51(27-21-15-3)28-22-16-4/h31-34H,13-30,35-38,49H2,1-12H3. The summed E-state index contributed by atoms with van der Waals surface area (Å²) < 4.78 is 0. The zero-order valence-electron chi connectivity index (χ0n) is 36.8. The van der Waals surface area contributed by atoms with Crippen LogP contribution < -0.4 is 0 Å². The first-order chi connectivity index (χ1) is 24.8. The van der Waals surface area contributed by atoms with Crippen molar-refractivity contribution < 1.29 is 0 Å². The Kier molecular flexibility index (Phi) is 23.6. The van der Waals surface area contributed by atoms with E-state index in [1.165, 1.54) is 138 Å². The van der Waals surface area contributed by atoms with Crippen LogP contribution in [-0.4, -0.2) is 37.0 Å². The Labute approximate surface area is 332 Å². The average Bonchev–Trinajstić information content (AvgIpc) is 3.10. The van der Waals surface area contributed by atoms with Gasteiger partial charge in [-0.2, -0.15) is 0 Å². The molecule has 0 aliphatic carbocycles. The Morgan fingerprint density at radius 1 is 0.404 bits per heavy atom. The molecular formula is C48H86P4. The summed E-state index contributed by atoms with van der Waals surface area (Å²) in [6.45, 7) is 29.2. The third-order valence-corrected chi connectivity index (χ3v) is 19.5. The van der Waals surface area contributed by atoms with Crippen LogP contribution in [0.1, 0.15) is 194 Å². The van der Waals surface area contributed by atoms with Crippen LogP contribution in [0.3, 0.4) is 0 Å². The lowest BCUT2D eigenvalue weighted by Crippen LogP contribution is -2.18. The predicted octanol–water partition coefficient (Wildman–Crippen LogP) is 17.1. The van der Waals surface area contributed by atoms with E-state index < -0.39 is 0 Å². The summed E-state index contributed by atoms with van der Waals surface area (Å²) in [5.41, 5.74) is 13.1. The molecule has 0 heterocycles. The molecule has 0 spiro atoms. The fourth-order valence-corrected chi connectivity index (χ4v) is 16.4. The summed E-state index contributed by atoms with van der Waals surface area (Å²) in [6, 6.07) is 11.0. The molecule has 0 fully saturated rings. The Balaban J connectivity index is 2.94. The zero-order valence-corrected chi connectivity index (χ0v) is 40.6. The highest BCUT2D eigenvalue weighted by molar-refractivity contribution is 7.57. The SMILES string of the molecule is CCCCP(CCCC)Cc1cc(C(C)(C)C)c(-c2cc(CP(CCCC)CCCC)c(CP(CCCC)CCCC)cc2C(C)(C)C)cc1CP. The van der Waals surface area contributed by atoms with Gasteiger partial charge in [0.2, 0.25) is 0 Å². The molecule has 0 saturated carbocycles. The molecular weight excluding hydrogens is 700 g/mol. The summed E-state index contributed by atoms with van der Waals surface area (Å²) in [5.74, 6) is 0. The maximum absolute atomic E-state index is 3.14. The molecule has 4 heteroatoms. The van der Waals surface area contributed by atoms with Crippen LogP contribution >= 0.6 is 33.0 Å². The van der Waals surface area contributed by atoms with Crippen molar-refractivity contribution in [1.29, 1.82) is 0 Å². The van der Waals surface area contributed by atoms with Crippen LogP contribution in [0, 0.1) is 0 Å². The van der Waals surface area contributed by atoms with Crippen molar-refractivity contribution in [3.05, 3.63) is 57.6 Å². The van der Waals surface area contributed by atoms with E-state index in [4.69, 9.17) is 0 Å². The molecule has 2 rings (SSSR count). The van der Waals surface area contributed by atoms with Crippen LogP contribution in [0.25, 0.3) is 11.1 Å². The molecule has 2 aromatic carbocycles. The lowest BCUT2D eigenvalue weighted by Gasteiger charge is -2.32. The van der Waals surface area contributed by atoms with Crippen molar-refractivity contribution in [1.82, 2.24) is 0 Å². The second kappa shape index (κ2) is 25.4. The van der Waals surface area contributed by atoms with Gasteiger partial charge in [-0.1, -0.05) is 146 Å². The zero-order chi connectivity index (χ0) is 38.7. The van der Waals surface area contributed by atoms with Gasteiger partial charge in [0, 0.05) is 0 Å². The number of unbranched alkanes of at least 4 members (excludes halogenated alkanes) is 6. The summed E-state index contributed by atoms with van der Waals surface area (Å²) in [5, 5.41) is 0. The summed E-state index contributed by atoms with van der Waals surface area (Å²) in [7, 11) is 3.21. The minimum atomic E-state index is 0.00977. The van der Waals surface area contributed by atoms with Gasteiger partial charge in [-0.25, -0.2) is 0 Å². The minimum Gasteiger partial charge on any atom is -0.133 e. The van der Waals surface area contributed by atoms with E-state index in [1.807, 2.05) is 0 Å². The maximum atomic E-state index is 3.14. The van der Waals surface area contributed by atoms with Crippen molar-refractivity contribution in [2.24, 2.45) is 0 Å². The van der Waals surface area contributed by atoms with Gasteiger partial charge < -0.3 is 0 Å². The number of benzene rings is 2. The first-order valence-electron chi connectivity index (χ1n) is 22.0. The van der Waals surface area contributed by atoms with Crippen molar-refractivity contribution in [2.75, 3.05) is 37.0 Å². The molecule has 298 valence electrons. The number of hydrogen-bond acceptors (Lipinski definition) is 0. The van der Waals surface area contributed by atoms with Gasteiger partial charge in [-0.15, -0.1) is 33.0 Å². The van der Waals surface area contributed by atoms with Crippen molar-refractivity contribution in [3.8, 4) is 11.1 Å². The molecule has 0 N–H and O–H groups in total. The van der Waals surface area contributed by atoms with Gasteiger partial charge >= 0.3 is 0 Å². The average molecular weight is 787 g/mol. The fraction of sp³-hybridized carbons (Fsp3) is 0.750. The van der Waals surface area contributed by atoms with Crippen molar-refractivity contribution in [2.45, 2.75) is 196 Å².